The number of esters is 2. The third kappa shape index (κ3) is 4.89. The highest BCUT2D eigenvalue weighted by Crippen LogP contribution is 2.76. The average molecular weight is 614 g/mol. The van der Waals surface area contributed by atoms with Gasteiger partial charge in [0.15, 0.2) is 0 Å². The molecule has 4 saturated carbocycles. The number of hydrogen-bond donors (Lipinski definition) is 0. The van der Waals surface area contributed by atoms with Crippen LogP contribution in [0.4, 0.5) is 0 Å². The zero-order chi connectivity index (χ0) is 30.2. The fourth-order valence-electron chi connectivity index (χ4n) is 12.0. The minimum atomic E-state index is -0.325. The molecule has 0 spiro atoms. The van der Waals surface area contributed by atoms with Crippen LogP contribution in [0.25, 0.3) is 0 Å². The van der Waals surface area contributed by atoms with Gasteiger partial charge in [0.25, 0.3) is 0 Å². The maximum Gasteiger partial charge on any atom is 0.321 e. The molecule has 5 rings (SSSR count). The number of hydrogen-bond acceptors (Lipinski definition) is 5. The molecule has 1 heterocycles. The van der Waals surface area contributed by atoms with Gasteiger partial charge in [0, 0.05) is 11.3 Å². The Morgan fingerprint density at radius 3 is 2.02 bits per heavy atom. The monoisotopic (exact) mass is 612 g/mol. The van der Waals surface area contributed by atoms with Gasteiger partial charge in [0.1, 0.15) is 24.0 Å². The molecule has 7 heteroatoms. The Morgan fingerprint density at radius 1 is 0.756 bits per heavy atom. The first-order chi connectivity index (χ1) is 19.0. The number of halogens is 2. The van der Waals surface area contributed by atoms with E-state index in [1.807, 2.05) is 0 Å². The van der Waals surface area contributed by atoms with Gasteiger partial charge in [-0.15, -0.1) is 23.2 Å². The molecule has 10 atom stereocenters. The molecule has 5 aliphatic rings. The molecular weight excluding hydrogens is 559 g/mol. The van der Waals surface area contributed by atoms with Gasteiger partial charge in [-0.25, -0.2) is 0 Å². The molecule has 0 bridgehead atoms. The van der Waals surface area contributed by atoms with Crippen LogP contribution in [0, 0.1) is 45.3 Å². The summed E-state index contributed by atoms with van der Waals surface area (Å²) in [5.41, 5.74) is -0.358. The minimum Gasteiger partial charge on any atom is -0.461 e. The lowest BCUT2D eigenvalue weighted by Gasteiger charge is -2.70. The van der Waals surface area contributed by atoms with E-state index in [2.05, 4.69) is 55.4 Å². The maximum atomic E-state index is 12.9. The summed E-state index contributed by atoms with van der Waals surface area (Å²) in [6.07, 6.45) is 10.2. The second-order valence-electron chi connectivity index (χ2n) is 16.6. The topological polar surface area (TPSA) is 61.8 Å². The summed E-state index contributed by atoms with van der Waals surface area (Å²) < 4.78 is 19.3. The lowest BCUT2D eigenvalue weighted by molar-refractivity contribution is -0.261. The Kier molecular flexibility index (Phi) is 8.20. The summed E-state index contributed by atoms with van der Waals surface area (Å²) in [5.74, 6) is 0.512. The van der Waals surface area contributed by atoms with Crippen LogP contribution in [0.5, 0.6) is 0 Å². The van der Waals surface area contributed by atoms with E-state index in [-0.39, 0.29) is 74.7 Å². The highest BCUT2D eigenvalue weighted by atomic mass is 35.5. The molecule has 234 valence electrons. The van der Waals surface area contributed by atoms with E-state index in [0.29, 0.717) is 17.8 Å². The smallest absolute Gasteiger partial charge is 0.321 e. The summed E-state index contributed by atoms with van der Waals surface area (Å²) in [7, 11) is 0. The second kappa shape index (κ2) is 10.5. The second-order valence-corrected chi connectivity index (χ2v) is 17.1. The Morgan fingerprint density at radius 2 is 1.39 bits per heavy atom. The van der Waals surface area contributed by atoms with Gasteiger partial charge < -0.3 is 14.2 Å². The van der Waals surface area contributed by atoms with Crippen molar-refractivity contribution >= 4 is 35.1 Å². The Hall–Kier alpha value is -0.520. The molecule has 0 N–H and O–H groups in total. The van der Waals surface area contributed by atoms with Gasteiger partial charge in [0.2, 0.25) is 0 Å². The quantitative estimate of drug-likeness (QED) is 0.231. The van der Waals surface area contributed by atoms with Crippen molar-refractivity contribution in [1.82, 2.24) is 0 Å². The van der Waals surface area contributed by atoms with Crippen molar-refractivity contribution in [2.45, 2.75) is 143 Å². The van der Waals surface area contributed by atoms with Crippen LogP contribution in [-0.2, 0) is 23.8 Å². The van der Waals surface area contributed by atoms with Crippen molar-refractivity contribution in [2.24, 2.45) is 45.3 Å². The number of ether oxygens (including phenoxy) is 3. The zero-order valence-corrected chi connectivity index (χ0v) is 28.3. The van der Waals surface area contributed by atoms with Crippen LogP contribution in [0.15, 0.2) is 0 Å². The van der Waals surface area contributed by atoms with E-state index in [1.165, 1.54) is 6.42 Å². The van der Waals surface area contributed by atoms with E-state index in [4.69, 9.17) is 37.4 Å². The number of carbonyl (C=O) groups is 2. The van der Waals surface area contributed by atoms with Crippen LogP contribution < -0.4 is 0 Å². The van der Waals surface area contributed by atoms with Crippen molar-refractivity contribution in [3.05, 3.63) is 0 Å². The Labute approximate surface area is 258 Å². The summed E-state index contributed by atoms with van der Waals surface area (Å²) >= 11 is 11.9. The first kappa shape index (κ1) is 31.9. The largest absolute Gasteiger partial charge is 0.461 e. The lowest BCUT2D eigenvalue weighted by atomic mass is 9.35. The minimum absolute atomic E-state index is 0.0197. The molecule has 0 unspecified atom stereocenters. The first-order valence-electron chi connectivity index (χ1n) is 16.2. The number of alkyl halides is 2. The fourth-order valence-corrected chi connectivity index (χ4v) is 12.1. The molecule has 0 aromatic rings. The van der Waals surface area contributed by atoms with Gasteiger partial charge in [0.05, 0.1) is 11.2 Å². The Balaban J connectivity index is 1.53. The predicted octanol–water partition coefficient (Wildman–Crippen LogP) is 8.32. The van der Waals surface area contributed by atoms with Crippen molar-refractivity contribution in [1.29, 1.82) is 0 Å². The van der Waals surface area contributed by atoms with Gasteiger partial charge in [-0.2, -0.15) is 0 Å². The molecule has 4 aliphatic carbocycles. The maximum absolute atomic E-state index is 12.9. The third-order valence-electron chi connectivity index (χ3n) is 13.8. The van der Waals surface area contributed by atoms with Crippen molar-refractivity contribution < 1.29 is 23.8 Å². The molecule has 1 saturated heterocycles. The van der Waals surface area contributed by atoms with Gasteiger partial charge >= 0.3 is 11.9 Å². The van der Waals surface area contributed by atoms with Crippen molar-refractivity contribution in [3.8, 4) is 0 Å². The van der Waals surface area contributed by atoms with E-state index < -0.39 is 0 Å². The van der Waals surface area contributed by atoms with E-state index in [0.717, 1.165) is 57.8 Å². The van der Waals surface area contributed by atoms with E-state index in [1.54, 1.807) is 0 Å². The molecule has 0 aromatic heterocycles. The van der Waals surface area contributed by atoms with Crippen molar-refractivity contribution in [2.75, 3.05) is 11.8 Å². The van der Waals surface area contributed by atoms with Crippen LogP contribution >= 0.6 is 23.2 Å². The molecule has 1 aliphatic heterocycles. The molecule has 5 fully saturated rings. The fraction of sp³-hybridized carbons (Fsp3) is 0.941. The summed E-state index contributed by atoms with van der Waals surface area (Å²) in [6.45, 7) is 18.9. The zero-order valence-electron chi connectivity index (χ0n) is 26.7. The van der Waals surface area contributed by atoms with Crippen LogP contribution in [0.2, 0.25) is 0 Å². The van der Waals surface area contributed by atoms with Crippen LogP contribution in [0.3, 0.4) is 0 Å². The summed E-state index contributed by atoms with van der Waals surface area (Å²) in [4.78, 5) is 25.1. The number of carbonyl (C=O) groups excluding carboxylic acids is 2. The first-order valence-corrected chi connectivity index (χ1v) is 17.3. The summed E-state index contributed by atoms with van der Waals surface area (Å²) in [5, 5.41) is 0. The number of fused-ring (bicyclic) bond motifs is 5. The Bertz CT molecular complexity index is 1040. The highest BCUT2D eigenvalue weighted by molar-refractivity contribution is 6.26. The van der Waals surface area contributed by atoms with Crippen LogP contribution in [0.1, 0.15) is 120 Å². The average Bonchev–Trinajstić information content (AvgIpc) is 3.26. The molecular formula is C34H54Cl2O5. The SMILES string of the molecule is CC1(C)CCC[C@](C)([C@H]2CC[C@]3(C)[C@@H]2[C@H](OC(=O)CCl)C[C@@H]2[C@@]4(C)CC[C@H](OC(=O)CCl)C(C)(C)[C@@H]4CC[C@]23C)O1. The lowest BCUT2D eigenvalue weighted by Crippen LogP contribution is -2.67. The number of rotatable bonds is 5. The standard InChI is InChI=1S/C34H54Cl2O5/c1-29(2)13-9-14-34(8,41-29)21-10-16-33(7)28(21)22(39-26(37)19-35)18-24-31(5)15-12-25(40-27(38)20-36)30(3,4)23(31)11-17-32(24,33)6/h21-25,28H,9-20H2,1-8H3/t21-,22+,23-,24+,25-,28-,31-,32+,33+,34+/m0/s1. The molecule has 0 amide bonds. The van der Waals surface area contributed by atoms with Crippen molar-refractivity contribution in [3.63, 3.8) is 0 Å². The summed E-state index contributed by atoms with van der Waals surface area (Å²) in [6, 6.07) is 0. The van der Waals surface area contributed by atoms with Gasteiger partial charge in [-0.05, 0) is 119 Å². The normalized spacial score (nSPS) is 48.3. The molecule has 5 nitrogen and oxygen atoms in total. The molecule has 0 aromatic carbocycles. The van der Waals surface area contributed by atoms with E-state index in [9.17, 15) is 9.59 Å². The third-order valence-corrected chi connectivity index (χ3v) is 14.3. The molecule has 0 radical (unpaired) electrons. The van der Waals surface area contributed by atoms with Crippen LogP contribution in [-0.4, -0.2) is 47.1 Å². The highest BCUT2D eigenvalue weighted by Gasteiger charge is 2.72. The van der Waals surface area contributed by atoms with E-state index >= 15 is 0 Å². The molecule has 41 heavy (non-hydrogen) atoms. The van der Waals surface area contributed by atoms with Gasteiger partial charge in [-0.3, -0.25) is 9.59 Å². The predicted molar refractivity (Wildman–Crippen MR) is 163 cm³/mol. The van der Waals surface area contributed by atoms with Gasteiger partial charge in [-0.1, -0.05) is 34.6 Å².